The molecule has 0 spiro atoms. The van der Waals surface area contributed by atoms with Crippen LogP contribution in [0.3, 0.4) is 0 Å². The van der Waals surface area contributed by atoms with Crippen molar-refractivity contribution in [3.05, 3.63) is 138 Å². The summed E-state index contributed by atoms with van der Waals surface area (Å²) in [6, 6.07) is 44.2. The molecule has 0 N–H and O–H groups in total. The first-order chi connectivity index (χ1) is 18.7. The van der Waals surface area contributed by atoms with Crippen LogP contribution >= 0.6 is 0 Å². The molecular formula is C36H20N2. The lowest BCUT2D eigenvalue weighted by molar-refractivity contribution is 1.48. The lowest BCUT2D eigenvalue weighted by atomic mass is 9.86. The van der Waals surface area contributed by atoms with Crippen LogP contribution in [-0.2, 0) is 0 Å². The first kappa shape index (κ1) is 21.8. The molecular weight excluding hydrogens is 460 g/mol. The highest BCUT2D eigenvalue weighted by atomic mass is 14.6. The minimum absolute atomic E-state index is 0.649. The number of nitrogens with zero attached hydrogens (tertiary/aromatic N) is 2. The molecule has 0 fully saturated rings. The van der Waals surface area contributed by atoms with Gasteiger partial charge in [-0.3, -0.25) is 0 Å². The van der Waals surface area contributed by atoms with Crippen molar-refractivity contribution >= 4 is 48.8 Å². The molecule has 0 saturated carbocycles. The molecule has 0 saturated heterocycles. The third kappa shape index (κ3) is 3.33. The SMILES string of the molecule is [C-]#[N+]c1ccc(-c2ccc3c(c2)c2ccccc2c2cc(-c4ccc(C#N)cc4)c4ccccc4c32)cc1. The van der Waals surface area contributed by atoms with Crippen LogP contribution in [0.25, 0.3) is 70.2 Å². The fraction of sp³-hybridized carbons (Fsp3) is 0. The van der Waals surface area contributed by atoms with E-state index in [9.17, 15) is 5.26 Å². The predicted molar refractivity (Wildman–Crippen MR) is 158 cm³/mol. The molecule has 0 aliphatic rings. The summed E-state index contributed by atoms with van der Waals surface area (Å²) in [5.74, 6) is 0. The minimum atomic E-state index is 0.649. The summed E-state index contributed by atoms with van der Waals surface area (Å²) < 4.78 is 0. The van der Waals surface area contributed by atoms with Gasteiger partial charge in [0.2, 0.25) is 0 Å². The Hall–Kier alpha value is -5.44. The fourth-order valence-corrected chi connectivity index (χ4v) is 5.69. The molecule has 0 unspecified atom stereocenters. The molecule has 0 aromatic heterocycles. The Morgan fingerprint density at radius 3 is 1.76 bits per heavy atom. The van der Waals surface area contributed by atoms with E-state index in [-0.39, 0.29) is 0 Å². The zero-order valence-corrected chi connectivity index (χ0v) is 20.4. The van der Waals surface area contributed by atoms with Gasteiger partial charge in [-0.2, -0.15) is 5.26 Å². The van der Waals surface area contributed by atoms with Crippen LogP contribution < -0.4 is 0 Å². The smallest absolute Gasteiger partial charge is 0.187 e. The summed E-state index contributed by atoms with van der Waals surface area (Å²) >= 11 is 0. The lowest BCUT2D eigenvalue weighted by Crippen LogP contribution is -1.89. The maximum absolute atomic E-state index is 9.29. The molecule has 7 aromatic rings. The number of hydrogen-bond acceptors (Lipinski definition) is 1. The topological polar surface area (TPSA) is 28.1 Å². The normalized spacial score (nSPS) is 11.1. The Morgan fingerprint density at radius 2 is 1.08 bits per heavy atom. The Balaban J connectivity index is 1.59. The minimum Gasteiger partial charge on any atom is -0.238 e. The molecule has 0 bridgehead atoms. The average molecular weight is 481 g/mol. The van der Waals surface area contributed by atoms with Gasteiger partial charge in [0.15, 0.2) is 5.69 Å². The number of nitriles is 1. The van der Waals surface area contributed by atoms with Gasteiger partial charge in [0.05, 0.1) is 18.2 Å². The summed E-state index contributed by atoms with van der Waals surface area (Å²) in [6.07, 6.45) is 0. The van der Waals surface area contributed by atoms with Crippen molar-refractivity contribution in [1.82, 2.24) is 0 Å². The summed E-state index contributed by atoms with van der Waals surface area (Å²) in [5.41, 5.74) is 5.81. The second-order valence-corrected chi connectivity index (χ2v) is 9.55. The Bertz CT molecular complexity index is 2120. The van der Waals surface area contributed by atoms with E-state index in [0.717, 1.165) is 16.7 Å². The fourth-order valence-electron chi connectivity index (χ4n) is 5.69. The Kier molecular flexibility index (Phi) is 4.93. The Labute approximate surface area is 220 Å². The first-order valence-electron chi connectivity index (χ1n) is 12.5. The van der Waals surface area contributed by atoms with E-state index in [2.05, 4.69) is 83.7 Å². The molecule has 0 amide bonds. The van der Waals surface area contributed by atoms with Crippen LogP contribution in [0.5, 0.6) is 0 Å². The van der Waals surface area contributed by atoms with E-state index >= 15 is 0 Å². The number of benzene rings is 7. The van der Waals surface area contributed by atoms with Crippen LogP contribution in [0, 0.1) is 17.9 Å². The van der Waals surface area contributed by atoms with E-state index in [0.29, 0.717) is 11.3 Å². The molecule has 0 atom stereocenters. The highest BCUT2D eigenvalue weighted by molar-refractivity contribution is 6.33. The summed E-state index contributed by atoms with van der Waals surface area (Å²) in [6.45, 7) is 7.26. The highest BCUT2D eigenvalue weighted by Crippen LogP contribution is 2.43. The van der Waals surface area contributed by atoms with Gasteiger partial charge in [-0.05, 0) is 89.6 Å². The maximum Gasteiger partial charge on any atom is 0.187 e. The molecule has 0 aliphatic heterocycles. The van der Waals surface area contributed by atoms with Crippen LogP contribution in [0.2, 0.25) is 0 Å². The van der Waals surface area contributed by atoms with Crippen molar-refractivity contribution in [2.45, 2.75) is 0 Å². The van der Waals surface area contributed by atoms with E-state index < -0.39 is 0 Å². The van der Waals surface area contributed by atoms with Crippen molar-refractivity contribution in [3.63, 3.8) is 0 Å². The quantitative estimate of drug-likeness (QED) is 0.179. The van der Waals surface area contributed by atoms with E-state index in [1.54, 1.807) is 0 Å². The van der Waals surface area contributed by atoms with E-state index in [1.807, 2.05) is 48.5 Å². The van der Waals surface area contributed by atoms with Gasteiger partial charge in [0.1, 0.15) is 0 Å². The van der Waals surface area contributed by atoms with Gasteiger partial charge in [-0.1, -0.05) is 97.1 Å². The number of hydrogen-bond donors (Lipinski definition) is 0. The summed E-state index contributed by atoms with van der Waals surface area (Å²) in [4.78, 5) is 3.53. The largest absolute Gasteiger partial charge is 0.238 e. The number of rotatable bonds is 2. The molecule has 2 nitrogen and oxygen atoms in total. The third-order valence-electron chi connectivity index (χ3n) is 7.50. The van der Waals surface area contributed by atoms with Crippen LogP contribution in [0.1, 0.15) is 5.56 Å². The second kappa shape index (κ2) is 8.59. The van der Waals surface area contributed by atoms with Gasteiger partial charge in [-0.15, -0.1) is 0 Å². The van der Waals surface area contributed by atoms with Crippen LogP contribution in [0.4, 0.5) is 5.69 Å². The van der Waals surface area contributed by atoms with Crippen molar-refractivity contribution < 1.29 is 0 Å². The zero-order valence-electron chi connectivity index (χ0n) is 20.4. The molecule has 2 heteroatoms. The van der Waals surface area contributed by atoms with Gasteiger partial charge < -0.3 is 0 Å². The zero-order chi connectivity index (χ0) is 25.6. The van der Waals surface area contributed by atoms with Gasteiger partial charge in [-0.25, -0.2) is 4.85 Å². The lowest BCUT2D eigenvalue weighted by Gasteiger charge is -2.17. The monoisotopic (exact) mass is 480 g/mol. The van der Waals surface area contributed by atoms with Crippen molar-refractivity contribution in [2.24, 2.45) is 0 Å². The summed E-state index contributed by atoms with van der Waals surface area (Å²) in [7, 11) is 0. The average Bonchev–Trinajstić information content (AvgIpc) is 3.00. The molecule has 7 rings (SSSR count). The second-order valence-electron chi connectivity index (χ2n) is 9.55. The molecule has 7 aromatic carbocycles. The summed E-state index contributed by atoms with van der Waals surface area (Å²) in [5, 5.41) is 19.1. The van der Waals surface area contributed by atoms with E-state index in [4.69, 9.17) is 6.57 Å². The van der Waals surface area contributed by atoms with Crippen molar-refractivity contribution in [3.8, 4) is 28.3 Å². The van der Waals surface area contributed by atoms with E-state index in [1.165, 1.54) is 48.7 Å². The van der Waals surface area contributed by atoms with Gasteiger partial charge in [0, 0.05) is 0 Å². The molecule has 38 heavy (non-hydrogen) atoms. The van der Waals surface area contributed by atoms with Crippen molar-refractivity contribution in [2.75, 3.05) is 0 Å². The molecule has 0 heterocycles. The first-order valence-corrected chi connectivity index (χ1v) is 12.5. The predicted octanol–water partition coefficient (Wildman–Crippen LogP) is 10.1. The van der Waals surface area contributed by atoms with Crippen molar-refractivity contribution in [1.29, 1.82) is 5.26 Å². The standard InChI is InChI=1S/C36H20N2/c1-38-27-17-14-24(15-18-27)26-16-19-32-34(20-26)28-6-2-3-7-29(28)35-21-33(25-12-10-23(22-37)11-13-25)30-8-4-5-9-31(30)36(32)35/h2-21H. The molecule has 174 valence electrons. The van der Waals surface area contributed by atoms with Crippen LogP contribution in [0.15, 0.2) is 121 Å². The molecule has 0 radical (unpaired) electrons. The highest BCUT2D eigenvalue weighted by Gasteiger charge is 2.15. The molecule has 0 aliphatic carbocycles. The Morgan fingerprint density at radius 1 is 0.500 bits per heavy atom. The van der Waals surface area contributed by atoms with Crippen LogP contribution in [-0.4, -0.2) is 0 Å². The van der Waals surface area contributed by atoms with Gasteiger partial charge >= 0.3 is 0 Å². The van der Waals surface area contributed by atoms with Gasteiger partial charge in [0.25, 0.3) is 0 Å². The number of fused-ring (bicyclic) bond motifs is 8. The maximum atomic E-state index is 9.29. The third-order valence-corrected chi connectivity index (χ3v) is 7.50.